The van der Waals surface area contributed by atoms with Gasteiger partial charge in [0.25, 0.3) is 5.91 Å². The number of hydrogen-bond acceptors (Lipinski definition) is 6. The number of halogens is 3. The number of aromatic amines is 1. The van der Waals surface area contributed by atoms with Crippen LogP contribution in [-0.2, 0) is 19.0 Å². The summed E-state index contributed by atoms with van der Waals surface area (Å²) < 4.78 is 41.2. The summed E-state index contributed by atoms with van der Waals surface area (Å²) in [6, 6.07) is 13.6. The fourth-order valence-electron chi connectivity index (χ4n) is 4.40. The number of carbonyl (C=O) groups excluding carboxylic acids is 1. The summed E-state index contributed by atoms with van der Waals surface area (Å²) in [5.74, 6) is 0.0801. The molecule has 4 aromatic rings. The quantitative estimate of drug-likeness (QED) is 0.279. The number of nitrogens with zero attached hydrogens (tertiary/aromatic N) is 4. The molecule has 3 aromatic heterocycles. The van der Waals surface area contributed by atoms with Crippen molar-refractivity contribution < 1.29 is 18.0 Å². The van der Waals surface area contributed by atoms with Gasteiger partial charge in [-0.1, -0.05) is 12.1 Å². The number of pyridine rings is 2. The molecule has 3 N–H and O–H groups in total. The number of amides is 1. The van der Waals surface area contributed by atoms with E-state index in [1.165, 1.54) is 6.20 Å². The Morgan fingerprint density at radius 1 is 1.00 bits per heavy atom. The number of rotatable bonds is 8. The fourth-order valence-corrected chi connectivity index (χ4v) is 4.40. The summed E-state index contributed by atoms with van der Waals surface area (Å²) in [4.78, 5) is 22.6. The molecule has 11 heteroatoms. The van der Waals surface area contributed by atoms with Crippen molar-refractivity contribution >= 4 is 28.9 Å². The summed E-state index contributed by atoms with van der Waals surface area (Å²) >= 11 is 0. The van der Waals surface area contributed by atoms with Gasteiger partial charge in [0.15, 0.2) is 5.82 Å². The van der Waals surface area contributed by atoms with Crippen LogP contribution >= 0.6 is 0 Å². The number of alkyl halides is 3. The van der Waals surface area contributed by atoms with E-state index in [4.69, 9.17) is 0 Å². The SMILES string of the molecule is O=C(Nc1cnc(N2CCCC2)c(C(F)(F)F)c1)c1cccc(CCc2cc(Nc3cccnc3)n[nH]2)c1. The molecule has 0 spiro atoms. The van der Waals surface area contributed by atoms with Gasteiger partial charge in [0, 0.05) is 36.6 Å². The average Bonchev–Trinajstić information content (AvgIpc) is 3.60. The van der Waals surface area contributed by atoms with E-state index in [0.717, 1.165) is 35.9 Å². The van der Waals surface area contributed by atoms with E-state index in [1.807, 2.05) is 24.3 Å². The first-order chi connectivity index (χ1) is 18.3. The van der Waals surface area contributed by atoms with Crippen LogP contribution in [0.4, 0.5) is 36.2 Å². The fraction of sp³-hybridized carbons (Fsp3) is 0.259. The first-order valence-electron chi connectivity index (χ1n) is 12.3. The molecule has 1 aliphatic rings. The lowest BCUT2D eigenvalue weighted by Crippen LogP contribution is -2.24. The van der Waals surface area contributed by atoms with Crippen molar-refractivity contribution in [1.82, 2.24) is 20.2 Å². The van der Waals surface area contributed by atoms with Crippen LogP contribution in [0.1, 0.15) is 40.0 Å². The lowest BCUT2D eigenvalue weighted by molar-refractivity contribution is -0.137. The number of carbonyl (C=O) groups is 1. The van der Waals surface area contributed by atoms with E-state index in [1.54, 1.807) is 35.5 Å². The molecule has 8 nitrogen and oxygen atoms in total. The molecule has 5 rings (SSSR count). The van der Waals surface area contributed by atoms with Gasteiger partial charge in [0.1, 0.15) is 11.4 Å². The highest BCUT2D eigenvalue weighted by Gasteiger charge is 2.37. The van der Waals surface area contributed by atoms with Crippen LogP contribution in [-0.4, -0.2) is 39.2 Å². The molecule has 0 unspecified atom stereocenters. The number of nitrogens with one attached hydrogen (secondary N) is 3. The third kappa shape index (κ3) is 6.10. The number of hydrogen-bond donors (Lipinski definition) is 3. The topological polar surface area (TPSA) is 98.8 Å². The smallest absolute Gasteiger partial charge is 0.356 e. The number of H-pyrrole nitrogens is 1. The van der Waals surface area contributed by atoms with Crippen molar-refractivity contribution in [2.45, 2.75) is 31.9 Å². The Bertz CT molecular complexity index is 1400. The second kappa shape index (κ2) is 10.9. The van der Waals surface area contributed by atoms with E-state index < -0.39 is 17.6 Å². The van der Waals surface area contributed by atoms with Gasteiger partial charge in [-0.05, 0) is 61.6 Å². The molecule has 4 heterocycles. The van der Waals surface area contributed by atoms with Crippen molar-refractivity contribution in [3.63, 3.8) is 0 Å². The second-order valence-corrected chi connectivity index (χ2v) is 9.09. The zero-order valence-electron chi connectivity index (χ0n) is 20.4. The van der Waals surface area contributed by atoms with Crippen molar-refractivity contribution in [2.75, 3.05) is 28.6 Å². The highest BCUT2D eigenvalue weighted by Crippen LogP contribution is 2.38. The summed E-state index contributed by atoms with van der Waals surface area (Å²) in [7, 11) is 0. The van der Waals surface area contributed by atoms with Crippen LogP contribution < -0.4 is 15.5 Å². The first-order valence-corrected chi connectivity index (χ1v) is 12.3. The molecular formula is C27H26F3N7O. The number of anilines is 4. The molecule has 0 saturated carbocycles. The highest BCUT2D eigenvalue weighted by molar-refractivity contribution is 6.04. The van der Waals surface area contributed by atoms with Crippen molar-refractivity contribution in [2.24, 2.45) is 0 Å². The largest absolute Gasteiger partial charge is 0.420 e. The molecule has 0 radical (unpaired) electrons. The number of aryl methyl sites for hydroxylation is 2. The third-order valence-corrected chi connectivity index (χ3v) is 6.27. The van der Waals surface area contributed by atoms with Crippen LogP contribution in [0, 0.1) is 0 Å². The van der Waals surface area contributed by atoms with Crippen LogP contribution in [0.2, 0.25) is 0 Å². The van der Waals surface area contributed by atoms with E-state index in [9.17, 15) is 18.0 Å². The van der Waals surface area contributed by atoms with Gasteiger partial charge in [-0.15, -0.1) is 0 Å². The molecule has 1 saturated heterocycles. The van der Waals surface area contributed by atoms with Crippen LogP contribution in [0.3, 0.4) is 0 Å². The van der Waals surface area contributed by atoms with Gasteiger partial charge < -0.3 is 15.5 Å². The Kier molecular flexibility index (Phi) is 7.25. The van der Waals surface area contributed by atoms with Gasteiger partial charge in [-0.2, -0.15) is 18.3 Å². The zero-order valence-corrected chi connectivity index (χ0v) is 20.4. The molecular weight excluding hydrogens is 495 g/mol. The normalized spacial score (nSPS) is 13.5. The Hall–Kier alpha value is -4.41. The second-order valence-electron chi connectivity index (χ2n) is 9.09. The van der Waals surface area contributed by atoms with Crippen LogP contribution in [0.5, 0.6) is 0 Å². The average molecular weight is 522 g/mol. The number of benzene rings is 1. The monoisotopic (exact) mass is 521 g/mol. The van der Waals surface area contributed by atoms with Gasteiger partial charge in [0.05, 0.1) is 23.8 Å². The Labute approximate surface area is 217 Å². The maximum Gasteiger partial charge on any atom is 0.420 e. The maximum absolute atomic E-state index is 13.7. The Morgan fingerprint density at radius 2 is 1.84 bits per heavy atom. The molecule has 1 amide bonds. The molecule has 1 aliphatic heterocycles. The number of aromatic nitrogens is 4. The zero-order chi connectivity index (χ0) is 26.5. The third-order valence-electron chi connectivity index (χ3n) is 6.27. The predicted octanol–water partition coefficient (Wildman–Crippen LogP) is 5.60. The molecule has 0 bridgehead atoms. The summed E-state index contributed by atoms with van der Waals surface area (Å²) in [5.41, 5.74) is 2.16. The lowest BCUT2D eigenvalue weighted by Gasteiger charge is -2.22. The first kappa shape index (κ1) is 25.2. The summed E-state index contributed by atoms with van der Waals surface area (Å²) in [5, 5.41) is 13.0. The minimum Gasteiger partial charge on any atom is -0.356 e. The van der Waals surface area contributed by atoms with Crippen LogP contribution in [0.25, 0.3) is 0 Å². The molecule has 0 atom stereocenters. The van der Waals surface area contributed by atoms with Gasteiger partial charge >= 0.3 is 6.18 Å². The molecule has 0 aliphatic carbocycles. The van der Waals surface area contributed by atoms with Crippen LogP contribution in [0.15, 0.2) is 67.1 Å². The van der Waals surface area contributed by atoms with E-state index >= 15 is 0 Å². The minimum absolute atomic E-state index is 0.00165. The van der Waals surface area contributed by atoms with E-state index in [2.05, 4.69) is 30.8 Å². The van der Waals surface area contributed by atoms with Gasteiger partial charge in [-0.25, -0.2) is 4.98 Å². The summed E-state index contributed by atoms with van der Waals surface area (Å²) in [6.07, 6.45) is 3.05. The van der Waals surface area contributed by atoms with Crippen molar-refractivity contribution in [3.05, 3.63) is 89.5 Å². The Morgan fingerprint density at radius 3 is 2.61 bits per heavy atom. The molecule has 38 heavy (non-hydrogen) atoms. The van der Waals surface area contributed by atoms with Gasteiger partial charge in [-0.3, -0.25) is 14.9 Å². The van der Waals surface area contributed by atoms with Gasteiger partial charge in [0.2, 0.25) is 0 Å². The Balaban J connectivity index is 1.23. The summed E-state index contributed by atoms with van der Waals surface area (Å²) in [6.45, 7) is 1.07. The highest BCUT2D eigenvalue weighted by atomic mass is 19.4. The van der Waals surface area contributed by atoms with Crippen molar-refractivity contribution in [3.8, 4) is 0 Å². The standard InChI is InChI=1S/C27H26F3N7O/c28-27(29,30)23-14-22(17-32-25(23)37-11-1-2-12-37)34-26(38)19-6-3-5-18(13-19)8-9-20-15-24(36-35-20)33-21-7-4-10-31-16-21/h3-7,10,13-17H,1-2,8-9,11-12H2,(H,34,38)(H2,33,35,36). The molecule has 1 fully saturated rings. The minimum atomic E-state index is -4.58. The molecule has 1 aromatic carbocycles. The van der Waals surface area contributed by atoms with E-state index in [0.29, 0.717) is 37.3 Å². The van der Waals surface area contributed by atoms with E-state index in [-0.39, 0.29) is 11.5 Å². The van der Waals surface area contributed by atoms with Crippen molar-refractivity contribution in [1.29, 1.82) is 0 Å². The predicted molar refractivity (Wildman–Crippen MR) is 139 cm³/mol. The maximum atomic E-state index is 13.7. The molecule has 196 valence electrons. The lowest BCUT2D eigenvalue weighted by atomic mass is 10.0.